The van der Waals surface area contributed by atoms with E-state index in [4.69, 9.17) is 18.9 Å². The Morgan fingerprint density at radius 2 is 1.85 bits per heavy atom. The minimum absolute atomic E-state index is 0.417. The second-order valence-electron chi connectivity index (χ2n) is 3.51. The fraction of sp³-hybridized carbons (Fsp3) is 0.875. The molecule has 0 saturated carbocycles. The molecule has 74 valence electrons. The second kappa shape index (κ2) is 2.94. The molecule has 2 saturated heterocycles. The van der Waals surface area contributed by atoms with Crippen LogP contribution < -0.4 is 0 Å². The number of fused-ring (bicyclic) bond motifs is 1. The van der Waals surface area contributed by atoms with E-state index in [0.717, 1.165) is 0 Å². The molecule has 0 amide bonds. The van der Waals surface area contributed by atoms with Gasteiger partial charge in [0, 0.05) is 0 Å². The van der Waals surface area contributed by atoms with Gasteiger partial charge in [-0.25, -0.2) is 4.79 Å². The number of carbonyl (C=O) groups excluding carboxylic acids is 1. The maximum atomic E-state index is 11.3. The van der Waals surface area contributed by atoms with E-state index < -0.39 is 24.2 Å². The molecule has 0 unspecified atom stereocenters. The standard InChI is InChI=1S/C8H12O5/c1-8(2)7(9)12-5-6(13-8)11-4-3-10-5/h5-6H,3-4H2,1-2H3/t5-,6+/m0/s1. The van der Waals surface area contributed by atoms with E-state index in [9.17, 15) is 4.79 Å². The third kappa shape index (κ3) is 1.54. The van der Waals surface area contributed by atoms with Gasteiger partial charge in [0.25, 0.3) is 6.29 Å². The summed E-state index contributed by atoms with van der Waals surface area (Å²) >= 11 is 0. The Bertz CT molecular complexity index is 225. The molecular formula is C8H12O5. The molecule has 0 radical (unpaired) electrons. The normalized spacial score (nSPS) is 37.8. The molecule has 5 heteroatoms. The molecule has 2 aliphatic heterocycles. The zero-order valence-corrected chi connectivity index (χ0v) is 7.61. The Morgan fingerprint density at radius 3 is 2.54 bits per heavy atom. The number of rotatable bonds is 0. The lowest BCUT2D eigenvalue weighted by Crippen LogP contribution is -2.56. The number of hydrogen-bond donors (Lipinski definition) is 0. The van der Waals surface area contributed by atoms with Crippen molar-refractivity contribution < 1.29 is 23.7 Å². The SMILES string of the molecule is CC1(C)O[C@H]2OCCO[C@H]2OC1=O. The number of carbonyl (C=O) groups is 1. The molecule has 0 N–H and O–H groups in total. The maximum Gasteiger partial charge on any atom is 0.340 e. The Balaban J connectivity index is 2.10. The highest BCUT2D eigenvalue weighted by molar-refractivity contribution is 5.79. The summed E-state index contributed by atoms with van der Waals surface area (Å²) < 4.78 is 20.8. The predicted octanol–water partition coefficient (Wildman–Crippen LogP) is 0.0374. The number of ether oxygens (including phenoxy) is 4. The van der Waals surface area contributed by atoms with Crippen LogP contribution in [0.25, 0.3) is 0 Å². The summed E-state index contributed by atoms with van der Waals surface area (Å²) in [6.07, 6.45) is -1.28. The van der Waals surface area contributed by atoms with Crippen molar-refractivity contribution in [1.29, 1.82) is 0 Å². The lowest BCUT2D eigenvalue weighted by atomic mass is 10.1. The summed E-state index contributed by atoms with van der Waals surface area (Å²) in [6, 6.07) is 0. The summed E-state index contributed by atoms with van der Waals surface area (Å²) in [6.45, 7) is 4.18. The van der Waals surface area contributed by atoms with Gasteiger partial charge in [0.05, 0.1) is 13.2 Å². The van der Waals surface area contributed by atoms with E-state index in [2.05, 4.69) is 0 Å². The Morgan fingerprint density at radius 1 is 1.23 bits per heavy atom. The minimum atomic E-state index is -0.943. The predicted molar refractivity (Wildman–Crippen MR) is 40.7 cm³/mol. The maximum absolute atomic E-state index is 11.3. The van der Waals surface area contributed by atoms with Gasteiger partial charge in [-0.1, -0.05) is 0 Å². The van der Waals surface area contributed by atoms with Gasteiger partial charge in [0.2, 0.25) is 6.29 Å². The van der Waals surface area contributed by atoms with Crippen molar-refractivity contribution in [2.45, 2.75) is 32.0 Å². The third-order valence-corrected chi connectivity index (χ3v) is 2.00. The number of hydrogen-bond acceptors (Lipinski definition) is 5. The van der Waals surface area contributed by atoms with Gasteiger partial charge < -0.3 is 18.9 Å². The van der Waals surface area contributed by atoms with Crippen LogP contribution in [0.5, 0.6) is 0 Å². The first-order valence-corrected chi connectivity index (χ1v) is 4.22. The monoisotopic (exact) mass is 188 g/mol. The van der Waals surface area contributed by atoms with E-state index in [1.165, 1.54) is 0 Å². The molecule has 0 spiro atoms. The molecule has 13 heavy (non-hydrogen) atoms. The van der Waals surface area contributed by atoms with Crippen LogP contribution >= 0.6 is 0 Å². The van der Waals surface area contributed by atoms with Crippen molar-refractivity contribution in [3.8, 4) is 0 Å². The topological polar surface area (TPSA) is 54.0 Å². The first-order valence-electron chi connectivity index (χ1n) is 4.22. The third-order valence-electron chi connectivity index (χ3n) is 2.00. The molecule has 5 nitrogen and oxygen atoms in total. The van der Waals surface area contributed by atoms with E-state index >= 15 is 0 Å². The van der Waals surface area contributed by atoms with Crippen LogP contribution in [0.4, 0.5) is 0 Å². The highest BCUT2D eigenvalue weighted by atomic mass is 16.8. The molecule has 0 aromatic carbocycles. The molecule has 0 aliphatic carbocycles. The second-order valence-corrected chi connectivity index (χ2v) is 3.51. The fourth-order valence-electron chi connectivity index (χ4n) is 1.25. The van der Waals surface area contributed by atoms with Crippen molar-refractivity contribution >= 4 is 5.97 Å². The van der Waals surface area contributed by atoms with E-state index in [1.807, 2.05) is 0 Å². The highest BCUT2D eigenvalue weighted by Gasteiger charge is 2.46. The largest absolute Gasteiger partial charge is 0.428 e. The summed E-state index contributed by atoms with van der Waals surface area (Å²) in [5.74, 6) is -0.417. The van der Waals surface area contributed by atoms with E-state index in [-0.39, 0.29) is 0 Å². The molecule has 0 bridgehead atoms. The molecular weight excluding hydrogens is 176 g/mol. The van der Waals surface area contributed by atoms with Gasteiger partial charge in [0.15, 0.2) is 5.60 Å². The fourth-order valence-corrected chi connectivity index (χ4v) is 1.25. The smallest absolute Gasteiger partial charge is 0.340 e. The summed E-state index contributed by atoms with van der Waals surface area (Å²) in [7, 11) is 0. The van der Waals surface area contributed by atoms with Gasteiger partial charge in [-0.05, 0) is 13.8 Å². The van der Waals surface area contributed by atoms with Gasteiger partial charge in [-0.15, -0.1) is 0 Å². The molecule has 2 heterocycles. The Hall–Kier alpha value is -0.650. The zero-order valence-electron chi connectivity index (χ0n) is 7.61. The highest BCUT2D eigenvalue weighted by Crippen LogP contribution is 2.27. The van der Waals surface area contributed by atoms with Crippen molar-refractivity contribution in [3.63, 3.8) is 0 Å². The summed E-state index contributed by atoms with van der Waals surface area (Å²) in [4.78, 5) is 11.3. The van der Waals surface area contributed by atoms with Gasteiger partial charge in [-0.2, -0.15) is 0 Å². The summed E-state index contributed by atoms with van der Waals surface area (Å²) in [5.41, 5.74) is -0.943. The minimum Gasteiger partial charge on any atom is -0.428 e. The average molecular weight is 188 g/mol. The lowest BCUT2D eigenvalue weighted by Gasteiger charge is -2.40. The quantitative estimate of drug-likeness (QED) is 0.502. The van der Waals surface area contributed by atoms with E-state index in [0.29, 0.717) is 13.2 Å². The van der Waals surface area contributed by atoms with Gasteiger partial charge >= 0.3 is 5.97 Å². The zero-order chi connectivity index (χ0) is 9.47. The van der Waals surface area contributed by atoms with Crippen LogP contribution in [-0.2, 0) is 23.7 Å². The van der Waals surface area contributed by atoms with Crippen LogP contribution in [0.2, 0.25) is 0 Å². The van der Waals surface area contributed by atoms with Crippen molar-refractivity contribution in [1.82, 2.24) is 0 Å². The molecule has 0 aromatic heterocycles. The Labute approximate surface area is 75.9 Å². The molecule has 2 atom stereocenters. The molecule has 2 rings (SSSR count). The first-order chi connectivity index (χ1) is 6.09. The lowest BCUT2D eigenvalue weighted by molar-refractivity contribution is -0.358. The van der Waals surface area contributed by atoms with Crippen molar-refractivity contribution in [3.05, 3.63) is 0 Å². The van der Waals surface area contributed by atoms with Gasteiger partial charge in [0.1, 0.15) is 0 Å². The van der Waals surface area contributed by atoms with Crippen molar-refractivity contribution in [2.24, 2.45) is 0 Å². The van der Waals surface area contributed by atoms with Crippen LogP contribution in [0.3, 0.4) is 0 Å². The van der Waals surface area contributed by atoms with Crippen LogP contribution in [0.1, 0.15) is 13.8 Å². The van der Waals surface area contributed by atoms with E-state index in [1.54, 1.807) is 13.8 Å². The van der Waals surface area contributed by atoms with Gasteiger partial charge in [-0.3, -0.25) is 0 Å². The van der Waals surface area contributed by atoms with Crippen LogP contribution in [0, 0.1) is 0 Å². The molecule has 2 fully saturated rings. The van der Waals surface area contributed by atoms with Crippen LogP contribution in [0.15, 0.2) is 0 Å². The van der Waals surface area contributed by atoms with Crippen LogP contribution in [-0.4, -0.2) is 37.4 Å². The molecule has 2 aliphatic rings. The molecule has 0 aromatic rings. The summed E-state index contributed by atoms with van der Waals surface area (Å²) in [5, 5.41) is 0. The van der Waals surface area contributed by atoms with Crippen molar-refractivity contribution in [2.75, 3.05) is 13.2 Å². The number of esters is 1. The first kappa shape index (κ1) is 8.93. The average Bonchev–Trinajstić information content (AvgIpc) is 2.06. The Kier molecular flexibility index (Phi) is 2.02.